The van der Waals surface area contributed by atoms with E-state index >= 15 is 0 Å². The number of nitrogens with one attached hydrogen (secondary N) is 1. The van der Waals surface area contributed by atoms with Crippen LogP contribution in [0.25, 0.3) is 0 Å². The van der Waals surface area contributed by atoms with Gasteiger partial charge in [0.05, 0.1) is 17.1 Å². The molecule has 0 spiro atoms. The van der Waals surface area contributed by atoms with Crippen LogP contribution in [-0.4, -0.2) is 64.0 Å². The highest BCUT2D eigenvalue weighted by atomic mass is 35.5. The van der Waals surface area contributed by atoms with Crippen LogP contribution in [0.4, 0.5) is 23.7 Å². The van der Waals surface area contributed by atoms with E-state index in [4.69, 9.17) is 11.6 Å². The molecule has 2 amide bonds. The summed E-state index contributed by atoms with van der Waals surface area (Å²) in [6.07, 6.45) is -0.109. The van der Waals surface area contributed by atoms with Gasteiger partial charge in [0.25, 0.3) is 0 Å². The summed E-state index contributed by atoms with van der Waals surface area (Å²) < 4.78 is 40.1. The Morgan fingerprint density at radius 3 is 2.50 bits per heavy atom. The summed E-state index contributed by atoms with van der Waals surface area (Å²) >= 11 is 5.57. The fourth-order valence-electron chi connectivity index (χ4n) is 2.86. The summed E-state index contributed by atoms with van der Waals surface area (Å²) in [5.41, 5.74) is -0.978. The molecule has 0 atom stereocenters. The van der Waals surface area contributed by atoms with Gasteiger partial charge in [0.2, 0.25) is 5.91 Å². The molecule has 3 rings (SSSR count). The van der Waals surface area contributed by atoms with Crippen molar-refractivity contribution in [2.45, 2.75) is 6.18 Å². The Morgan fingerprint density at radius 1 is 1.18 bits per heavy atom. The number of piperazine rings is 1. The number of carbonyl (C=O) groups is 2. The molecule has 11 heteroatoms. The zero-order valence-electron chi connectivity index (χ0n) is 14.6. The Morgan fingerprint density at radius 2 is 1.89 bits per heavy atom. The Bertz CT molecular complexity index is 849. The van der Waals surface area contributed by atoms with E-state index in [1.165, 1.54) is 23.2 Å². The maximum absolute atomic E-state index is 12.9. The minimum atomic E-state index is -4.60. The lowest BCUT2D eigenvalue weighted by Gasteiger charge is -2.34. The van der Waals surface area contributed by atoms with E-state index in [1.54, 1.807) is 11.1 Å². The van der Waals surface area contributed by atoms with E-state index in [1.807, 2.05) is 4.90 Å². The van der Waals surface area contributed by atoms with E-state index in [-0.39, 0.29) is 18.3 Å². The number of imidazole rings is 1. The smallest absolute Gasteiger partial charge is 0.325 e. The van der Waals surface area contributed by atoms with Gasteiger partial charge in [-0.1, -0.05) is 11.6 Å². The third-order valence-corrected chi connectivity index (χ3v) is 4.62. The molecule has 0 bridgehead atoms. The lowest BCUT2D eigenvalue weighted by molar-refractivity contribution is -0.137. The Labute approximate surface area is 163 Å². The van der Waals surface area contributed by atoms with Gasteiger partial charge in [0.15, 0.2) is 0 Å². The molecule has 1 aromatic heterocycles. The summed E-state index contributed by atoms with van der Waals surface area (Å²) in [6.45, 7) is 1.83. The second-order valence-electron chi connectivity index (χ2n) is 6.26. The van der Waals surface area contributed by atoms with E-state index in [0.717, 1.165) is 12.1 Å². The van der Waals surface area contributed by atoms with E-state index < -0.39 is 22.7 Å². The molecule has 2 heterocycles. The maximum atomic E-state index is 12.9. The first-order chi connectivity index (χ1) is 13.2. The number of hydrogen-bond donors (Lipinski definition) is 1. The van der Waals surface area contributed by atoms with Crippen LogP contribution in [0.2, 0.25) is 5.02 Å². The first-order valence-corrected chi connectivity index (χ1v) is 8.78. The molecule has 2 aromatic rings. The summed E-state index contributed by atoms with van der Waals surface area (Å²) in [6, 6.07) is 3.03. The topological polar surface area (TPSA) is 70.5 Å². The number of alkyl halides is 3. The number of amides is 2. The third-order valence-electron chi connectivity index (χ3n) is 4.29. The SMILES string of the molecule is O=C(CN1CCN(C(=O)n2ccnc2)CC1)Nc1ccc(Cl)c(C(F)(F)F)c1. The molecule has 1 aliphatic rings. The van der Waals surface area contributed by atoms with Crippen LogP contribution < -0.4 is 5.32 Å². The van der Waals surface area contributed by atoms with Gasteiger partial charge in [-0.3, -0.25) is 14.3 Å². The monoisotopic (exact) mass is 415 g/mol. The van der Waals surface area contributed by atoms with Gasteiger partial charge in [0.1, 0.15) is 6.33 Å². The highest BCUT2D eigenvalue weighted by Crippen LogP contribution is 2.36. The van der Waals surface area contributed by atoms with Gasteiger partial charge in [0, 0.05) is 44.3 Å². The van der Waals surface area contributed by atoms with Gasteiger partial charge in [-0.2, -0.15) is 13.2 Å². The fourth-order valence-corrected chi connectivity index (χ4v) is 3.08. The van der Waals surface area contributed by atoms with Crippen LogP contribution in [0.3, 0.4) is 0 Å². The number of rotatable bonds is 3. The van der Waals surface area contributed by atoms with Gasteiger partial charge in [-0.15, -0.1) is 0 Å². The van der Waals surface area contributed by atoms with Gasteiger partial charge < -0.3 is 10.2 Å². The Kier molecular flexibility index (Phi) is 5.90. The van der Waals surface area contributed by atoms with Gasteiger partial charge in [-0.25, -0.2) is 9.78 Å². The zero-order chi connectivity index (χ0) is 20.3. The predicted molar refractivity (Wildman–Crippen MR) is 96.1 cm³/mol. The van der Waals surface area contributed by atoms with Crippen molar-refractivity contribution in [2.24, 2.45) is 0 Å². The van der Waals surface area contributed by atoms with Crippen molar-refractivity contribution in [3.63, 3.8) is 0 Å². The summed E-state index contributed by atoms with van der Waals surface area (Å²) in [5.74, 6) is -0.440. The first-order valence-electron chi connectivity index (χ1n) is 8.40. The molecule has 1 aliphatic heterocycles. The van der Waals surface area contributed by atoms with Crippen molar-refractivity contribution in [1.82, 2.24) is 19.4 Å². The standard InChI is InChI=1S/C17H17ClF3N5O2/c18-14-2-1-12(9-13(14)17(19,20)21)23-15(27)10-24-5-7-25(8-6-24)16(28)26-4-3-22-11-26/h1-4,9,11H,5-8,10H2,(H,23,27). The van der Waals surface area contributed by atoms with Crippen molar-refractivity contribution < 1.29 is 22.8 Å². The zero-order valence-corrected chi connectivity index (χ0v) is 15.4. The molecule has 7 nitrogen and oxygen atoms in total. The molecule has 0 radical (unpaired) electrons. The summed E-state index contributed by atoms with van der Waals surface area (Å²) in [7, 11) is 0. The van der Waals surface area contributed by atoms with E-state index in [0.29, 0.717) is 26.2 Å². The minimum Gasteiger partial charge on any atom is -0.325 e. The summed E-state index contributed by atoms with van der Waals surface area (Å²) in [4.78, 5) is 31.7. The van der Waals surface area contributed by atoms with Gasteiger partial charge >= 0.3 is 12.2 Å². The number of carbonyl (C=O) groups excluding carboxylic acids is 2. The minimum absolute atomic E-state index is 0.0110. The number of aromatic nitrogens is 2. The van der Waals surface area contributed by atoms with Crippen LogP contribution in [0.5, 0.6) is 0 Å². The average Bonchev–Trinajstić information content (AvgIpc) is 3.17. The molecule has 1 fully saturated rings. The summed E-state index contributed by atoms with van der Waals surface area (Å²) in [5, 5.41) is 2.03. The highest BCUT2D eigenvalue weighted by molar-refractivity contribution is 6.31. The second-order valence-corrected chi connectivity index (χ2v) is 6.66. The van der Waals surface area contributed by atoms with Crippen molar-refractivity contribution in [1.29, 1.82) is 0 Å². The molecule has 150 valence electrons. The number of halogens is 4. The fraction of sp³-hybridized carbons (Fsp3) is 0.353. The average molecular weight is 416 g/mol. The van der Waals surface area contributed by atoms with E-state index in [2.05, 4.69) is 10.3 Å². The molecule has 1 saturated heterocycles. The third kappa shape index (κ3) is 4.82. The largest absolute Gasteiger partial charge is 0.417 e. The highest BCUT2D eigenvalue weighted by Gasteiger charge is 2.33. The predicted octanol–water partition coefficient (Wildman–Crippen LogP) is 2.78. The molecule has 1 aromatic carbocycles. The van der Waals surface area contributed by atoms with Gasteiger partial charge in [-0.05, 0) is 18.2 Å². The van der Waals surface area contributed by atoms with Crippen molar-refractivity contribution in [3.05, 3.63) is 47.5 Å². The normalized spacial score (nSPS) is 15.5. The van der Waals surface area contributed by atoms with Crippen LogP contribution in [0.1, 0.15) is 5.56 Å². The Balaban J connectivity index is 1.52. The maximum Gasteiger partial charge on any atom is 0.417 e. The van der Waals surface area contributed by atoms with Crippen molar-refractivity contribution >= 4 is 29.2 Å². The number of benzene rings is 1. The molecule has 0 aliphatic carbocycles. The Hall–Kier alpha value is -2.59. The number of anilines is 1. The molecule has 0 unspecified atom stereocenters. The quantitative estimate of drug-likeness (QED) is 0.837. The van der Waals surface area contributed by atoms with Crippen molar-refractivity contribution in [3.8, 4) is 0 Å². The number of hydrogen-bond acceptors (Lipinski definition) is 4. The lowest BCUT2D eigenvalue weighted by atomic mass is 10.2. The second kappa shape index (κ2) is 8.19. The molecular weight excluding hydrogens is 399 g/mol. The van der Waals surface area contributed by atoms with Crippen molar-refractivity contribution in [2.75, 3.05) is 38.0 Å². The van der Waals surface area contributed by atoms with Crippen LogP contribution in [-0.2, 0) is 11.0 Å². The molecule has 1 N–H and O–H groups in total. The number of nitrogens with zero attached hydrogens (tertiary/aromatic N) is 4. The van der Waals surface area contributed by atoms with Crippen LogP contribution >= 0.6 is 11.6 Å². The lowest BCUT2D eigenvalue weighted by Crippen LogP contribution is -2.51. The molecular formula is C17H17ClF3N5O2. The van der Waals surface area contributed by atoms with Crippen LogP contribution in [0, 0.1) is 0 Å². The van der Waals surface area contributed by atoms with E-state index in [9.17, 15) is 22.8 Å². The molecule has 28 heavy (non-hydrogen) atoms. The molecule has 0 saturated carbocycles. The van der Waals surface area contributed by atoms with Crippen LogP contribution in [0.15, 0.2) is 36.9 Å². The first kappa shape index (κ1) is 20.2.